The molecule has 0 aromatic rings. The SMILES string of the molecule is CC1(CN2CCSCC2CN)CCC1. The minimum atomic E-state index is 0.620. The summed E-state index contributed by atoms with van der Waals surface area (Å²) in [6.07, 6.45) is 4.29. The van der Waals surface area contributed by atoms with Crippen molar-refractivity contribution in [2.75, 3.05) is 31.1 Å². The van der Waals surface area contributed by atoms with Gasteiger partial charge >= 0.3 is 0 Å². The second-order valence-corrected chi connectivity index (χ2v) is 6.25. The molecular formula is C11H22N2S. The highest BCUT2D eigenvalue weighted by Crippen LogP contribution is 2.41. The molecule has 1 saturated heterocycles. The van der Waals surface area contributed by atoms with E-state index in [4.69, 9.17) is 5.73 Å². The minimum Gasteiger partial charge on any atom is -0.329 e. The Hall–Kier alpha value is 0.270. The third-order valence-electron chi connectivity index (χ3n) is 3.77. The summed E-state index contributed by atoms with van der Waals surface area (Å²) in [4.78, 5) is 2.63. The van der Waals surface area contributed by atoms with Crippen LogP contribution in [0.5, 0.6) is 0 Å². The third-order valence-corrected chi connectivity index (χ3v) is 4.86. The Morgan fingerprint density at radius 1 is 1.50 bits per heavy atom. The lowest BCUT2D eigenvalue weighted by atomic mass is 9.70. The Labute approximate surface area is 91.6 Å². The van der Waals surface area contributed by atoms with Gasteiger partial charge in [-0.1, -0.05) is 13.3 Å². The van der Waals surface area contributed by atoms with E-state index in [-0.39, 0.29) is 0 Å². The number of nitrogens with two attached hydrogens (primary N) is 1. The smallest absolute Gasteiger partial charge is 0.0309 e. The van der Waals surface area contributed by atoms with Crippen molar-refractivity contribution in [2.24, 2.45) is 11.1 Å². The molecule has 1 heterocycles. The first-order valence-electron chi connectivity index (χ1n) is 5.75. The molecule has 2 N–H and O–H groups in total. The second-order valence-electron chi connectivity index (χ2n) is 5.10. The molecule has 1 saturated carbocycles. The number of nitrogens with zero attached hydrogens (tertiary/aromatic N) is 1. The zero-order chi connectivity index (χ0) is 10.0. The topological polar surface area (TPSA) is 29.3 Å². The summed E-state index contributed by atoms with van der Waals surface area (Å²) in [6, 6.07) is 0.645. The first-order valence-corrected chi connectivity index (χ1v) is 6.91. The predicted octanol–water partition coefficient (Wildman–Crippen LogP) is 1.55. The van der Waals surface area contributed by atoms with Crippen molar-refractivity contribution in [1.29, 1.82) is 0 Å². The zero-order valence-corrected chi connectivity index (χ0v) is 9.98. The second kappa shape index (κ2) is 4.42. The summed E-state index contributed by atoms with van der Waals surface area (Å²) in [5.74, 6) is 2.54. The lowest BCUT2D eigenvalue weighted by Gasteiger charge is -2.46. The summed E-state index contributed by atoms with van der Waals surface area (Å²) >= 11 is 2.06. The summed E-state index contributed by atoms with van der Waals surface area (Å²) in [6.45, 7) is 5.81. The molecule has 0 spiro atoms. The lowest BCUT2D eigenvalue weighted by molar-refractivity contribution is 0.0690. The predicted molar refractivity (Wildman–Crippen MR) is 63.7 cm³/mol. The van der Waals surface area contributed by atoms with Gasteiger partial charge in [-0.3, -0.25) is 4.90 Å². The number of thioether (sulfide) groups is 1. The van der Waals surface area contributed by atoms with Crippen LogP contribution in [0, 0.1) is 5.41 Å². The van der Waals surface area contributed by atoms with Crippen molar-refractivity contribution in [2.45, 2.75) is 32.2 Å². The Kier molecular flexibility index (Phi) is 3.40. The van der Waals surface area contributed by atoms with Gasteiger partial charge in [-0.15, -0.1) is 0 Å². The van der Waals surface area contributed by atoms with Gasteiger partial charge in [0.2, 0.25) is 0 Å². The van der Waals surface area contributed by atoms with E-state index in [0.717, 1.165) is 6.54 Å². The highest BCUT2D eigenvalue weighted by molar-refractivity contribution is 7.99. The molecule has 0 radical (unpaired) electrons. The molecule has 0 bridgehead atoms. The van der Waals surface area contributed by atoms with Gasteiger partial charge in [-0.05, 0) is 18.3 Å². The first kappa shape index (κ1) is 10.8. The van der Waals surface area contributed by atoms with Crippen LogP contribution in [0.3, 0.4) is 0 Å². The Morgan fingerprint density at radius 2 is 2.29 bits per heavy atom. The van der Waals surface area contributed by atoms with E-state index in [2.05, 4.69) is 23.6 Å². The molecular weight excluding hydrogens is 192 g/mol. The molecule has 2 fully saturated rings. The van der Waals surface area contributed by atoms with Gasteiger partial charge in [0.15, 0.2) is 0 Å². The zero-order valence-electron chi connectivity index (χ0n) is 9.17. The Morgan fingerprint density at radius 3 is 2.86 bits per heavy atom. The molecule has 2 rings (SSSR count). The maximum atomic E-state index is 5.82. The lowest BCUT2D eigenvalue weighted by Crippen LogP contribution is -2.51. The fourth-order valence-corrected chi connectivity index (χ4v) is 3.69. The molecule has 3 heteroatoms. The van der Waals surface area contributed by atoms with Gasteiger partial charge in [0.1, 0.15) is 0 Å². The molecule has 1 unspecified atom stereocenters. The van der Waals surface area contributed by atoms with Crippen molar-refractivity contribution >= 4 is 11.8 Å². The van der Waals surface area contributed by atoms with Crippen LogP contribution >= 0.6 is 11.8 Å². The van der Waals surface area contributed by atoms with E-state index in [1.807, 2.05) is 0 Å². The average molecular weight is 214 g/mol. The molecule has 1 aliphatic carbocycles. The van der Waals surface area contributed by atoms with Gasteiger partial charge in [0, 0.05) is 37.2 Å². The monoisotopic (exact) mass is 214 g/mol. The van der Waals surface area contributed by atoms with Crippen LogP contribution in [0.25, 0.3) is 0 Å². The minimum absolute atomic E-state index is 0.620. The van der Waals surface area contributed by atoms with Crippen molar-refractivity contribution in [3.05, 3.63) is 0 Å². The summed E-state index contributed by atoms with van der Waals surface area (Å²) in [5.41, 5.74) is 6.44. The van der Waals surface area contributed by atoms with E-state index >= 15 is 0 Å². The van der Waals surface area contributed by atoms with Crippen LogP contribution in [0.4, 0.5) is 0 Å². The fraction of sp³-hybridized carbons (Fsp3) is 1.00. The fourth-order valence-electron chi connectivity index (χ4n) is 2.54. The normalized spacial score (nSPS) is 32.6. The molecule has 0 aromatic carbocycles. The Balaban J connectivity index is 1.87. The van der Waals surface area contributed by atoms with E-state index in [0.29, 0.717) is 11.5 Å². The molecule has 2 aliphatic rings. The largest absolute Gasteiger partial charge is 0.329 e. The maximum Gasteiger partial charge on any atom is 0.0309 e. The highest BCUT2D eigenvalue weighted by Gasteiger charge is 2.35. The van der Waals surface area contributed by atoms with Crippen LogP contribution in [0.1, 0.15) is 26.2 Å². The van der Waals surface area contributed by atoms with Crippen LogP contribution in [0.2, 0.25) is 0 Å². The molecule has 0 amide bonds. The van der Waals surface area contributed by atoms with Crippen LogP contribution in [0.15, 0.2) is 0 Å². The van der Waals surface area contributed by atoms with Gasteiger partial charge in [0.25, 0.3) is 0 Å². The van der Waals surface area contributed by atoms with Gasteiger partial charge in [-0.2, -0.15) is 11.8 Å². The van der Waals surface area contributed by atoms with Gasteiger partial charge in [0.05, 0.1) is 0 Å². The molecule has 0 aromatic heterocycles. The van der Waals surface area contributed by atoms with Crippen molar-refractivity contribution < 1.29 is 0 Å². The first-order chi connectivity index (χ1) is 6.73. The van der Waals surface area contributed by atoms with Gasteiger partial charge < -0.3 is 5.73 Å². The summed E-state index contributed by atoms with van der Waals surface area (Å²) in [7, 11) is 0. The van der Waals surface area contributed by atoms with Crippen molar-refractivity contribution in [1.82, 2.24) is 4.90 Å². The molecule has 82 valence electrons. The molecule has 1 atom stereocenters. The number of hydrogen-bond donors (Lipinski definition) is 1. The van der Waals surface area contributed by atoms with E-state index < -0.39 is 0 Å². The van der Waals surface area contributed by atoms with Crippen LogP contribution in [-0.2, 0) is 0 Å². The van der Waals surface area contributed by atoms with Crippen LogP contribution < -0.4 is 5.73 Å². The highest BCUT2D eigenvalue weighted by atomic mass is 32.2. The average Bonchev–Trinajstić information content (AvgIpc) is 2.16. The van der Waals surface area contributed by atoms with E-state index in [1.165, 1.54) is 43.9 Å². The quantitative estimate of drug-likeness (QED) is 0.773. The third kappa shape index (κ3) is 2.26. The van der Waals surface area contributed by atoms with E-state index in [1.54, 1.807) is 0 Å². The Bertz CT molecular complexity index is 192. The summed E-state index contributed by atoms with van der Waals surface area (Å²) in [5, 5.41) is 0. The van der Waals surface area contributed by atoms with Gasteiger partial charge in [-0.25, -0.2) is 0 Å². The van der Waals surface area contributed by atoms with Crippen molar-refractivity contribution in [3.63, 3.8) is 0 Å². The molecule has 2 nitrogen and oxygen atoms in total. The van der Waals surface area contributed by atoms with Crippen molar-refractivity contribution in [3.8, 4) is 0 Å². The van der Waals surface area contributed by atoms with E-state index in [9.17, 15) is 0 Å². The summed E-state index contributed by atoms with van der Waals surface area (Å²) < 4.78 is 0. The standard InChI is InChI=1S/C11H22N2S/c1-11(3-2-4-11)9-13-5-6-14-8-10(13)7-12/h10H,2-9,12H2,1H3. The number of hydrogen-bond acceptors (Lipinski definition) is 3. The molecule has 1 aliphatic heterocycles. The molecule has 14 heavy (non-hydrogen) atoms. The van der Waals surface area contributed by atoms with Crippen LogP contribution in [-0.4, -0.2) is 42.1 Å². The maximum absolute atomic E-state index is 5.82. The number of rotatable bonds is 3.